The molecule has 1 aliphatic rings. The summed E-state index contributed by atoms with van der Waals surface area (Å²) in [6, 6.07) is 0. The summed E-state index contributed by atoms with van der Waals surface area (Å²) in [5.41, 5.74) is 2.50. The third-order valence-corrected chi connectivity index (χ3v) is 11.0. The molecule has 0 aromatic carbocycles. The number of nitrogens with zero attached hydrogens (tertiary/aromatic N) is 1. The lowest BCUT2D eigenvalue weighted by molar-refractivity contribution is 0.534. The highest BCUT2D eigenvalue weighted by Gasteiger charge is 2.47. The van der Waals surface area contributed by atoms with Crippen molar-refractivity contribution in [3.05, 3.63) is 12.3 Å². The molecule has 0 aliphatic carbocycles. The SMILES string of the molecule is CC(C)[Si](C(C)C)(C(C)C)N1C=CCC1. The Morgan fingerprint density at radius 2 is 1.40 bits per heavy atom. The lowest BCUT2D eigenvalue weighted by atomic mass is 10.5. The van der Waals surface area contributed by atoms with Gasteiger partial charge in [0.25, 0.3) is 0 Å². The van der Waals surface area contributed by atoms with Crippen molar-refractivity contribution in [3.63, 3.8) is 0 Å². The molecule has 0 amide bonds. The molecular formula is C13H27NSi. The molecule has 0 saturated heterocycles. The largest absolute Gasteiger partial charge is 0.402 e. The Bertz CT molecular complexity index is 209. The first kappa shape index (κ1) is 12.8. The van der Waals surface area contributed by atoms with Gasteiger partial charge in [0.2, 0.25) is 0 Å². The second kappa shape index (κ2) is 4.73. The van der Waals surface area contributed by atoms with Gasteiger partial charge in [-0.2, -0.15) is 0 Å². The van der Waals surface area contributed by atoms with Crippen LogP contribution in [0, 0.1) is 0 Å². The maximum absolute atomic E-state index is 2.73. The summed E-state index contributed by atoms with van der Waals surface area (Å²) >= 11 is 0. The van der Waals surface area contributed by atoms with Gasteiger partial charge in [0.05, 0.1) is 0 Å². The minimum atomic E-state index is -1.35. The minimum Gasteiger partial charge on any atom is -0.402 e. The first-order valence-corrected chi connectivity index (χ1v) is 8.55. The Morgan fingerprint density at radius 1 is 0.933 bits per heavy atom. The summed E-state index contributed by atoms with van der Waals surface area (Å²) in [5.74, 6) is 0. The van der Waals surface area contributed by atoms with Crippen molar-refractivity contribution < 1.29 is 0 Å². The van der Waals surface area contributed by atoms with Gasteiger partial charge in [-0.05, 0) is 29.2 Å². The molecule has 1 nitrogen and oxygen atoms in total. The summed E-state index contributed by atoms with van der Waals surface area (Å²) in [6.07, 6.45) is 5.97. The summed E-state index contributed by atoms with van der Waals surface area (Å²) < 4.78 is 2.73. The van der Waals surface area contributed by atoms with Gasteiger partial charge in [0.1, 0.15) is 0 Å². The quantitative estimate of drug-likeness (QED) is 0.642. The van der Waals surface area contributed by atoms with Crippen LogP contribution >= 0.6 is 0 Å². The van der Waals surface area contributed by atoms with E-state index in [4.69, 9.17) is 0 Å². The van der Waals surface area contributed by atoms with Crippen molar-refractivity contribution in [1.82, 2.24) is 4.57 Å². The fourth-order valence-corrected chi connectivity index (χ4v) is 10.7. The van der Waals surface area contributed by atoms with E-state index in [9.17, 15) is 0 Å². The third kappa shape index (κ3) is 2.01. The standard InChI is InChI=1S/C13H27NSi/c1-11(2)15(12(3)4,13(5)6)14-9-7-8-10-14/h7,9,11-13H,8,10H2,1-6H3. The summed E-state index contributed by atoms with van der Waals surface area (Å²) in [6.45, 7) is 15.8. The van der Waals surface area contributed by atoms with E-state index in [1.807, 2.05) is 0 Å². The number of rotatable bonds is 4. The highest BCUT2D eigenvalue weighted by Crippen LogP contribution is 2.44. The van der Waals surface area contributed by atoms with Crippen LogP contribution in [0.2, 0.25) is 16.6 Å². The molecule has 2 heteroatoms. The summed E-state index contributed by atoms with van der Waals surface area (Å²) in [7, 11) is -1.35. The summed E-state index contributed by atoms with van der Waals surface area (Å²) in [4.78, 5) is 0. The maximum atomic E-state index is 2.73. The van der Waals surface area contributed by atoms with E-state index < -0.39 is 8.24 Å². The van der Waals surface area contributed by atoms with Crippen LogP contribution in [0.3, 0.4) is 0 Å². The highest BCUT2D eigenvalue weighted by atomic mass is 28.3. The molecule has 0 aromatic heterocycles. The lowest BCUT2D eigenvalue weighted by Gasteiger charge is -2.49. The first-order valence-electron chi connectivity index (χ1n) is 6.37. The molecule has 0 radical (unpaired) electrons. The molecule has 0 atom stereocenters. The van der Waals surface area contributed by atoms with Crippen LogP contribution in [0.5, 0.6) is 0 Å². The van der Waals surface area contributed by atoms with Crippen LogP contribution < -0.4 is 0 Å². The molecule has 0 spiro atoms. The average molecular weight is 225 g/mol. The monoisotopic (exact) mass is 225 g/mol. The van der Waals surface area contributed by atoms with Gasteiger partial charge in [-0.3, -0.25) is 0 Å². The molecule has 0 N–H and O–H groups in total. The van der Waals surface area contributed by atoms with Gasteiger partial charge in [0, 0.05) is 6.54 Å². The molecule has 15 heavy (non-hydrogen) atoms. The van der Waals surface area contributed by atoms with E-state index in [1.54, 1.807) is 0 Å². The van der Waals surface area contributed by atoms with E-state index in [0.29, 0.717) is 0 Å². The van der Waals surface area contributed by atoms with E-state index >= 15 is 0 Å². The first-order chi connectivity index (χ1) is 6.94. The fraction of sp³-hybridized carbons (Fsp3) is 0.846. The average Bonchev–Trinajstić information content (AvgIpc) is 2.55. The van der Waals surface area contributed by atoms with Crippen LogP contribution in [0.4, 0.5) is 0 Å². The van der Waals surface area contributed by atoms with E-state index in [-0.39, 0.29) is 0 Å². The Labute approximate surface area is 96.6 Å². The number of hydrogen-bond donors (Lipinski definition) is 0. The van der Waals surface area contributed by atoms with Gasteiger partial charge in [-0.1, -0.05) is 47.6 Å². The van der Waals surface area contributed by atoms with Crippen LogP contribution in [-0.4, -0.2) is 19.3 Å². The molecule has 88 valence electrons. The highest BCUT2D eigenvalue weighted by molar-refractivity contribution is 6.81. The van der Waals surface area contributed by atoms with Crippen molar-refractivity contribution in [2.75, 3.05) is 6.54 Å². The Hall–Kier alpha value is -0.243. The molecule has 0 unspecified atom stereocenters. The second-order valence-electron chi connectivity index (χ2n) is 5.72. The molecular weight excluding hydrogens is 198 g/mol. The zero-order valence-corrected chi connectivity index (χ0v) is 12.2. The van der Waals surface area contributed by atoms with Crippen LogP contribution in [0.25, 0.3) is 0 Å². The Morgan fingerprint density at radius 3 is 1.67 bits per heavy atom. The van der Waals surface area contributed by atoms with Crippen LogP contribution in [0.1, 0.15) is 48.0 Å². The zero-order chi connectivity index (χ0) is 11.6. The topological polar surface area (TPSA) is 3.24 Å². The Kier molecular flexibility index (Phi) is 4.04. The molecule has 0 fully saturated rings. The van der Waals surface area contributed by atoms with Gasteiger partial charge >= 0.3 is 0 Å². The van der Waals surface area contributed by atoms with Gasteiger partial charge in [-0.15, -0.1) is 0 Å². The maximum Gasteiger partial charge on any atom is 0.163 e. The van der Waals surface area contributed by atoms with Crippen molar-refractivity contribution in [2.24, 2.45) is 0 Å². The van der Waals surface area contributed by atoms with Gasteiger partial charge < -0.3 is 4.57 Å². The van der Waals surface area contributed by atoms with Gasteiger partial charge in [-0.25, -0.2) is 0 Å². The molecule has 0 bridgehead atoms. The predicted molar refractivity (Wildman–Crippen MR) is 71.5 cm³/mol. The zero-order valence-electron chi connectivity index (χ0n) is 11.2. The van der Waals surface area contributed by atoms with Crippen molar-refractivity contribution in [2.45, 2.75) is 64.6 Å². The minimum absolute atomic E-state index is 0.834. The number of hydrogen-bond acceptors (Lipinski definition) is 1. The van der Waals surface area contributed by atoms with Gasteiger partial charge in [0.15, 0.2) is 8.24 Å². The van der Waals surface area contributed by atoms with E-state index in [2.05, 4.69) is 58.4 Å². The molecule has 1 rings (SSSR count). The second-order valence-corrected chi connectivity index (χ2v) is 11.5. The smallest absolute Gasteiger partial charge is 0.163 e. The molecule has 0 saturated carbocycles. The van der Waals surface area contributed by atoms with Crippen molar-refractivity contribution >= 4 is 8.24 Å². The van der Waals surface area contributed by atoms with E-state index in [1.165, 1.54) is 13.0 Å². The Balaban J connectivity index is 3.06. The molecule has 1 aliphatic heterocycles. The normalized spacial score (nSPS) is 17.5. The summed E-state index contributed by atoms with van der Waals surface area (Å²) in [5, 5.41) is 0. The molecule has 0 aromatic rings. The lowest BCUT2D eigenvalue weighted by Crippen LogP contribution is -2.57. The predicted octanol–water partition coefficient (Wildman–Crippen LogP) is 4.38. The van der Waals surface area contributed by atoms with Crippen LogP contribution in [0.15, 0.2) is 12.3 Å². The van der Waals surface area contributed by atoms with E-state index in [0.717, 1.165) is 16.6 Å². The molecule has 1 heterocycles. The third-order valence-electron chi connectivity index (χ3n) is 4.09. The fourth-order valence-electron chi connectivity index (χ4n) is 3.81. The van der Waals surface area contributed by atoms with Crippen molar-refractivity contribution in [1.29, 1.82) is 0 Å². The van der Waals surface area contributed by atoms with Crippen molar-refractivity contribution in [3.8, 4) is 0 Å². The van der Waals surface area contributed by atoms with Crippen LogP contribution in [-0.2, 0) is 0 Å².